The van der Waals surface area contributed by atoms with Crippen LogP contribution in [0.5, 0.6) is 0 Å². The van der Waals surface area contributed by atoms with Crippen LogP contribution in [0.25, 0.3) is 0 Å². The number of hydrogen-bond donors (Lipinski definition) is 2. The Balaban J connectivity index is 2.36. The van der Waals surface area contributed by atoms with Gasteiger partial charge in [-0.15, -0.1) is 11.8 Å². The molecule has 80 valence electrons. The first-order valence-electron chi connectivity index (χ1n) is 4.76. The number of rotatable bonds is 3. The highest BCUT2D eigenvalue weighted by Crippen LogP contribution is 2.24. The van der Waals surface area contributed by atoms with E-state index in [-0.39, 0.29) is 11.2 Å². The molecule has 2 atom stereocenters. The zero-order valence-electron chi connectivity index (χ0n) is 8.16. The molecule has 0 aromatic rings. The summed E-state index contributed by atoms with van der Waals surface area (Å²) in [5, 5.41) is 11.0. The van der Waals surface area contributed by atoms with Crippen molar-refractivity contribution in [3.05, 3.63) is 0 Å². The quantitative estimate of drug-likeness (QED) is 0.736. The normalized spacial score (nSPS) is 23.9. The number of hydrogen-bond acceptors (Lipinski definition) is 3. The van der Waals surface area contributed by atoms with E-state index in [9.17, 15) is 9.59 Å². The Morgan fingerprint density at radius 3 is 2.71 bits per heavy atom. The summed E-state index contributed by atoms with van der Waals surface area (Å²) in [6, 6.07) is -0.787. The van der Waals surface area contributed by atoms with E-state index in [0.29, 0.717) is 0 Å². The number of nitrogens with one attached hydrogen (secondary N) is 1. The monoisotopic (exact) mass is 217 g/mol. The number of carbonyl (C=O) groups is 2. The highest BCUT2D eigenvalue weighted by Gasteiger charge is 2.24. The fraction of sp³-hybridized carbons (Fsp3) is 0.778. The molecule has 14 heavy (non-hydrogen) atoms. The molecule has 1 rings (SSSR count). The van der Waals surface area contributed by atoms with Gasteiger partial charge in [-0.25, -0.2) is 0 Å². The van der Waals surface area contributed by atoms with Crippen LogP contribution in [0.15, 0.2) is 0 Å². The second-order valence-electron chi connectivity index (χ2n) is 3.42. The van der Waals surface area contributed by atoms with Crippen molar-refractivity contribution < 1.29 is 14.7 Å². The maximum Gasteiger partial charge on any atom is 0.325 e. The number of thioether (sulfide) groups is 1. The summed E-state index contributed by atoms with van der Waals surface area (Å²) in [6.45, 7) is 1.48. The van der Waals surface area contributed by atoms with Crippen molar-refractivity contribution in [2.45, 2.75) is 37.5 Å². The van der Waals surface area contributed by atoms with Gasteiger partial charge in [-0.05, 0) is 25.5 Å². The van der Waals surface area contributed by atoms with E-state index >= 15 is 0 Å². The Morgan fingerprint density at radius 1 is 1.50 bits per heavy atom. The fourth-order valence-electron chi connectivity index (χ4n) is 1.32. The van der Waals surface area contributed by atoms with E-state index in [2.05, 4.69) is 5.32 Å². The fourth-order valence-corrected chi connectivity index (χ4v) is 2.52. The summed E-state index contributed by atoms with van der Waals surface area (Å²) in [5.74, 6) is -0.122. The van der Waals surface area contributed by atoms with E-state index < -0.39 is 12.0 Å². The zero-order chi connectivity index (χ0) is 10.6. The maximum absolute atomic E-state index is 11.5. The van der Waals surface area contributed by atoms with Crippen LogP contribution in [0.4, 0.5) is 0 Å². The Labute approximate surface area is 87.4 Å². The average Bonchev–Trinajstić information content (AvgIpc) is 2.19. The number of carbonyl (C=O) groups excluding carboxylic acids is 1. The molecule has 0 spiro atoms. The van der Waals surface area contributed by atoms with Crippen molar-refractivity contribution >= 4 is 23.6 Å². The van der Waals surface area contributed by atoms with Gasteiger partial charge in [0, 0.05) is 0 Å². The lowest BCUT2D eigenvalue weighted by Gasteiger charge is -2.21. The van der Waals surface area contributed by atoms with Crippen molar-refractivity contribution in [1.82, 2.24) is 5.32 Å². The zero-order valence-corrected chi connectivity index (χ0v) is 8.97. The summed E-state index contributed by atoms with van der Waals surface area (Å²) < 4.78 is 0. The van der Waals surface area contributed by atoms with Crippen LogP contribution in [0.2, 0.25) is 0 Å². The lowest BCUT2D eigenvalue weighted by atomic mass is 10.1. The van der Waals surface area contributed by atoms with Crippen LogP contribution in [0.3, 0.4) is 0 Å². The molecular formula is C9H15NO3S. The molecule has 4 nitrogen and oxygen atoms in total. The first-order valence-corrected chi connectivity index (χ1v) is 5.81. The average molecular weight is 217 g/mol. The highest BCUT2D eigenvalue weighted by atomic mass is 32.2. The third-order valence-corrected chi connectivity index (χ3v) is 3.58. The molecule has 1 heterocycles. The smallest absolute Gasteiger partial charge is 0.325 e. The van der Waals surface area contributed by atoms with Gasteiger partial charge in [0.15, 0.2) is 0 Å². The van der Waals surface area contributed by atoms with Crippen molar-refractivity contribution in [2.75, 3.05) is 5.75 Å². The number of carboxylic acid groups (broad SMARTS) is 1. The Hall–Kier alpha value is -0.710. The minimum atomic E-state index is -0.987. The first-order chi connectivity index (χ1) is 6.61. The number of amides is 1. The lowest BCUT2D eigenvalue weighted by molar-refractivity contribution is -0.141. The minimum Gasteiger partial charge on any atom is -0.480 e. The van der Waals surface area contributed by atoms with Crippen LogP contribution in [-0.4, -0.2) is 34.0 Å². The summed E-state index contributed by atoms with van der Waals surface area (Å²) in [5.41, 5.74) is 0. The van der Waals surface area contributed by atoms with Gasteiger partial charge in [-0.2, -0.15) is 0 Å². The second kappa shape index (κ2) is 5.24. The Morgan fingerprint density at radius 2 is 2.21 bits per heavy atom. The molecule has 1 aliphatic heterocycles. The summed E-state index contributed by atoms with van der Waals surface area (Å²) in [7, 11) is 0. The maximum atomic E-state index is 11.5. The van der Waals surface area contributed by atoms with Gasteiger partial charge in [-0.1, -0.05) is 6.42 Å². The molecule has 0 bridgehead atoms. The predicted molar refractivity (Wildman–Crippen MR) is 55.3 cm³/mol. The van der Waals surface area contributed by atoms with Gasteiger partial charge in [0.05, 0.1) is 5.25 Å². The largest absolute Gasteiger partial charge is 0.480 e. The third-order valence-electron chi connectivity index (χ3n) is 2.20. The molecule has 1 saturated heterocycles. The molecular weight excluding hydrogens is 202 g/mol. The van der Waals surface area contributed by atoms with Crippen LogP contribution < -0.4 is 5.32 Å². The molecule has 1 amide bonds. The van der Waals surface area contributed by atoms with Gasteiger partial charge in [0.25, 0.3) is 0 Å². The standard InChI is InChI=1S/C9H15NO3S/c1-6(9(12)13)10-8(11)7-4-2-3-5-14-7/h6-7H,2-5H2,1H3,(H,10,11)(H,12,13). The van der Waals surface area contributed by atoms with Crippen molar-refractivity contribution in [2.24, 2.45) is 0 Å². The van der Waals surface area contributed by atoms with Crippen LogP contribution in [0.1, 0.15) is 26.2 Å². The Kier molecular flexibility index (Phi) is 4.25. The van der Waals surface area contributed by atoms with E-state index in [4.69, 9.17) is 5.11 Å². The van der Waals surface area contributed by atoms with E-state index in [0.717, 1.165) is 25.0 Å². The second-order valence-corrected chi connectivity index (χ2v) is 4.73. The molecule has 0 aliphatic carbocycles. The van der Waals surface area contributed by atoms with Gasteiger partial charge in [-0.3, -0.25) is 9.59 Å². The molecule has 2 N–H and O–H groups in total. The van der Waals surface area contributed by atoms with E-state index in [1.54, 1.807) is 11.8 Å². The molecule has 2 unspecified atom stereocenters. The Bertz CT molecular complexity index is 226. The van der Waals surface area contributed by atoms with Crippen molar-refractivity contribution in [1.29, 1.82) is 0 Å². The van der Waals surface area contributed by atoms with E-state index in [1.807, 2.05) is 0 Å². The SMILES string of the molecule is CC(NC(=O)C1CCCCS1)C(=O)O. The number of carboxylic acids is 1. The van der Waals surface area contributed by atoms with Gasteiger partial charge in [0.2, 0.25) is 5.91 Å². The third kappa shape index (κ3) is 3.21. The van der Waals surface area contributed by atoms with Crippen molar-refractivity contribution in [3.63, 3.8) is 0 Å². The topological polar surface area (TPSA) is 66.4 Å². The molecule has 5 heteroatoms. The van der Waals surface area contributed by atoms with E-state index in [1.165, 1.54) is 6.92 Å². The summed E-state index contributed by atoms with van der Waals surface area (Å²) in [6.07, 6.45) is 3.08. The lowest BCUT2D eigenvalue weighted by Crippen LogP contribution is -2.43. The first kappa shape index (κ1) is 11.4. The molecule has 0 aromatic heterocycles. The summed E-state index contributed by atoms with van der Waals surface area (Å²) in [4.78, 5) is 22.0. The van der Waals surface area contributed by atoms with Crippen molar-refractivity contribution in [3.8, 4) is 0 Å². The highest BCUT2D eigenvalue weighted by molar-refractivity contribution is 8.00. The molecule has 0 aromatic carbocycles. The molecule has 0 radical (unpaired) electrons. The van der Waals surface area contributed by atoms with Gasteiger partial charge >= 0.3 is 5.97 Å². The molecule has 1 fully saturated rings. The number of aliphatic carboxylic acids is 1. The van der Waals surface area contributed by atoms with Gasteiger partial charge < -0.3 is 10.4 Å². The van der Waals surface area contributed by atoms with Crippen LogP contribution in [0, 0.1) is 0 Å². The summed E-state index contributed by atoms with van der Waals surface area (Å²) >= 11 is 1.62. The predicted octanol–water partition coefficient (Wildman–Crippen LogP) is 0.861. The molecule has 0 saturated carbocycles. The minimum absolute atomic E-state index is 0.0504. The van der Waals surface area contributed by atoms with Gasteiger partial charge in [0.1, 0.15) is 6.04 Å². The molecule has 1 aliphatic rings. The van der Waals surface area contributed by atoms with Crippen LogP contribution in [-0.2, 0) is 9.59 Å². The van der Waals surface area contributed by atoms with Crippen LogP contribution >= 0.6 is 11.8 Å².